The Hall–Kier alpha value is -0.660. The van der Waals surface area contributed by atoms with Gasteiger partial charge in [0, 0.05) is 6.54 Å². The molecule has 1 rings (SSSR count). The topological polar surface area (TPSA) is 83.9 Å². The van der Waals surface area contributed by atoms with Crippen LogP contribution in [-0.2, 0) is 19.6 Å². The Morgan fingerprint density at radius 2 is 2.06 bits per heavy atom. The fraction of sp³-hybridized carbons (Fsp3) is 0.909. The Morgan fingerprint density at radius 3 is 2.56 bits per heavy atom. The zero-order valence-electron chi connectivity index (χ0n) is 11.0. The van der Waals surface area contributed by atoms with Crippen molar-refractivity contribution >= 4 is 16.0 Å². The predicted molar refractivity (Wildman–Crippen MR) is 66.8 cm³/mol. The van der Waals surface area contributed by atoms with E-state index in [2.05, 4.69) is 0 Å². The summed E-state index contributed by atoms with van der Waals surface area (Å²) in [6.45, 7) is 6.23. The van der Waals surface area contributed by atoms with Gasteiger partial charge in [-0.25, -0.2) is 8.42 Å². The van der Waals surface area contributed by atoms with Crippen LogP contribution in [0.5, 0.6) is 0 Å². The van der Waals surface area contributed by atoms with E-state index in [0.717, 1.165) is 0 Å². The summed E-state index contributed by atoms with van der Waals surface area (Å²) < 4.78 is 31.0. The van der Waals surface area contributed by atoms with Gasteiger partial charge >= 0.3 is 5.97 Å². The maximum absolute atomic E-state index is 12.3. The number of carboxylic acid groups (broad SMARTS) is 1. The number of sulfonamides is 1. The van der Waals surface area contributed by atoms with Crippen molar-refractivity contribution in [1.29, 1.82) is 0 Å². The number of morpholine rings is 1. The van der Waals surface area contributed by atoms with Crippen molar-refractivity contribution in [3.8, 4) is 0 Å². The Labute approximate surface area is 108 Å². The van der Waals surface area contributed by atoms with Crippen LogP contribution in [-0.4, -0.2) is 55.4 Å². The van der Waals surface area contributed by atoms with E-state index in [4.69, 9.17) is 9.84 Å². The molecular formula is C11H21NO5S. The first-order chi connectivity index (χ1) is 8.12. The summed E-state index contributed by atoms with van der Waals surface area (Å²) >= 11 is 0. The van der Waals surface area contributed by atoms with Gasteiger partial charge in [-0.05, 0) is 5.41 Å². The normalized spacial score (nSPS) is 22.9. The Balaban J connectivity index is 2.85. The third-order valence-electron chi connectivity index (χ3n) is 2.56. The van der Waals surface area contributed by atoms with Gasteiger partial charge in [0.2, 0.25) is 10.0 Å². The van der Waals surface area contributed by atoms with Crippen LogP contribution in [0.2, 0.25) is 0 Å². The van der Waals surface area contributed by atoms with E-state index >= 15 is 0 Å². The highest BCUT2D eigenvalue weighted by Crippen LogP contribution is 2.22. The molecule has 1 heterocycles. The molecule has 0 aromatic heterocycles. The molecule has 1 aliphatic heterocycles. The molecule has 0 amide bonds. The molecule has 6 nitrogen and oxygen atoms in total. The molecule has 0 radical (unpaired) electrons. The lowest BCUT2D eigenvalue weighted by Gasteiger charge is -2.35. The first-order valence-electron chi connectivity index (χ1n) is 5.91. The quantitative estimate of drug-likeness (QED) is 0.812. The highest BCUT2D eigenvalue weighted by Gasteiger charge is 2.36. The first kappa shape index (κ1) is 15.4. The van der Waals surface area contributed by atoms with Crippen LogP contribution in [0.1, 0.15) is 27.2 Å². The monoisotopic (exact) mass is 279 g/mol. The molecule has 0 aromatic rings. The average Bonchev–Trinajstić information content (AvgIpc) is 2.13. The third-order valence-corrected chi connectivity index (χ3v) is 4.98. The highest BCUT2D eigenvalue weighted by molar-refractivity contribution is 7.89. The zero-order chi connectivity index (χ0) is 14.0. The number of rotatable bonds is 4. The summed E-state index contributed by atoms with van der Waals surface area (Å²) in [5.41, 5.74) is -0.356. The van der Waals surface area contributed by atoms with Crippen LogP contribution in [0.15, 0.2) is 0 Å². The van der Waals surface area contributed by atoms with E-state index in [1.165, 1.54) is 4.31 Å². The van der Waals surface area contributed by atoms with E-state index in [9.17, 15) is 13.2 Å². The molecule has 106 valence electrons. The van der Waals surface area contributed by atoms with E-state index < -0.39 is 22.0 Å². The molecule has 1 aliphatic rings. The van der Waals surface area contributed by atoms with Gasteiger partial charge in [-0.15, -0.1) is 0 Å². The number of ether oxygens (including phenoxy) is 1. The summed E-state index contributed by atoms with van der Waals surface area (Å²) in [4.78, 5) is 10.7. The molecule has 0 spiro atoms. The number of aliphatic carboxylic acids is 1. The van der Waals surface area contributed by atoms with Crippen LogP contribution in [0.25, 0.3) is 0 Å². The highest BCUT2D eigenvalue weighted by atomic mass is 32.2. The number of hydrogen-bond donors (Lipinski definition) is 1. The largest absolute Gasteiger partial charge is 0.481 e. The number of carboxylic acids is 1. The maximum Gasteiger partial charge on any atom is 0.305 e. The molecule has 1 fully saturated rings. The second-order valence-electron chi connectivity index (χ2n) is 5.75. The van der Waals surface area contributed by atoms with Crippen LogP contribution < -0.4 is 0 Å². The van der Waals surface area contributed by atoms with Gasteiger partial charge in [-0.2, -0.15) is 4.31 Å². The lowest BCUT2D eigenvalue weighted by molar-refractivity contribution is -0.139. The predicted octanol–water partition coefficient (Wildman–Crippen LogP) is 0.538. The standard InChI is InChI=1S/C11H21NO5S/c1-11(2,3)8-18(15,16)12-4-5-17-7-9(12)6-10(13)14/h9H,4-8H2,1-3H3,(H,13,14). The average molecular weight is 279 g/mol. The molecule has 0 bridgehead atoms. The number of nitrogens with zero attached hydrogens (tertiary/aromatic N) is 1. The molecule has 1 unspecified atom stereocenters. The van der Waals surface area contributed by atoms with Gasteiger partial charge in [0.05, 0.1) is 31.4 Å². The second-order valence-corrected chi connectivity index (χ2v) is 7.68. The lowest BCUT2D eigenvalue weighted by Crippen LogP contribution is -2.51. The summed E-state index contributed by atoms with van der Waals surface area (Å²) in [5, 5.41) is 8.80. The van der Waals surface area contributed by atoms with Gasteiger partial charge in [0.15, 0.2) is 0 Å². The molecule has 0 aliphatic carbocycles. The summed E-state index contributed by atoms with van der Waals surface area (Å²) in [5.74, 6) is -1.00. The van der Waals surface area contributed by atoms with Crippen molar-refractivity contribution in [3.05, 3.63) is 0 Å². The smallest absolute Gasteiger partial charge is 0.305 e. The molecule has 1 N–H and O–H groups in total. The summed E-state index contributed by atoms with van der Waals surface area (Å²) in [6, 6.07) is -0.594. The minimum atomic E-state index is -3.45. The lowest BCUT2D eigenvalue weighted by atomic mass is 10.0. The molecule has 0 aromatic carbocycles. The van der Waals surface area contributed by atoms with Crippen molar-refractivity contribution in [2.75, 3.05) is 25.5 Å². The zero-order valence-corrected chi connectivity index (χ0v) is 11.9. The second kappa shape index (κ2) is 5.54. The Bertz CT molecular complexity index is 398. The van der Waals surface area contributed by atoms with Gasteiger partial charge in [0.1, 0.15) is 0 Å². The maximum atomic E-state index is 12.3. The van der Waals surface area contributed by atoms with Gasteiger partial charge in [-0.1, -0.05) is 20.8 Å². The van der Waals surface area contributed by atoms with Gasteiger partial charge in [-0.3, -0.25) is 4.79 Å². The van der Waals surface area contributed by atoms with Crippen molar-refractivity contribution in [3.63, 3.8) is 0 Å². The number of hydrogen-bond acceptors (Lipinski definition) is 4. The third kappa shape index (κ3) is 4.55. The van der Waals surface area contributed by atoms with Gasteiger partial charge < -0.3 is 9.84 Å². The van der Waals surface area contributed by atoms with E-state index in [1.807, 2.05) is 20.8 Å². The van der Waals surface area contributed by atoms with E-state index in [1.54, 1.807) is 0 Å². The first-order valence-corrected chi connectivity index (χ1v) is 7.52. The molecule has 0 saturated carbocycles. The molecule has 18 heavy (non-hydrogen) atoms. The van der Waals surface area contributed by atoms with Crippen molar-refractivity contribution in [2.24, 2.45) is 5.41 Å². The fourth-order valence-corrected chi connectivity index (χ4v) is 4.20. The van der Waals surface area contributed by atoms with Gasteiger partial charge in [0.25, 0.3) is 0 Å². The molecule has 7 heteroatoms. The van der Waals surface area contributed by atoms with Crippen LogP contribution in [0.3, 0.4) is 0 Å². The fourth-order valence-electron chi connectivity index (χ4n) is 2.00. The Morgan fingerprint density at radius 1 is 1.44 bits per heavy atom. The summed E-state index contributed by atoms with van der Waals surface area (Å²) in [7, 11) is -3.45. The SMILES string of the molecule is CC(C)(C)CS(=O)(=O)N1CCOCC1CC(=O)O. The molecule has 1 saturated heterocycles. The van der Waals surface area contributed by atoms with Crippen molar-refractivity contribution in [2.45, 2.75) is 33.2 Å². The Kier molecular flexibility index (Phi) is 4.74. The van der Waals surface area contributed by atoms with Crippen molar-refractivity contribution in [1.82, 2.24) is 4.31 Å². The van der Waals surface area contributed by atoms with E-state index in [-0.39, 0.29) is 30.7 Å². The molecular weight excluding hydrogens is 258 g/mol. The van der Waals surface area contributed by atoms with E-state index in [0.29, 0.717) is 6.61 Å². The number of carbonyl (C=O) groups is 1. The molecule has 1 atom stereocenters. The minimum Gasteiger partial charge on any atom is -0.481 e. The van der Waals surface area contributed by atoms with Crippen LogP contribution >= 0.6 is 0 Å². The van der Waals surface area contributed by atoms with Crippen LogP contribution in [0.4, 0.5) is 0 Å². The van der Waals surface area contributed by atoms with Crippen molar-refractivity contribution < 1.29 is 23.1 Å². The minimum absolute atomic E-state index is 0.0100. The summed E-state index contributed by atoms with van der Waals surface area (Å²) in [6.07, 6.45) is -0.219. The van der Waals surface area contributed by atoms with Crippen LogP contribution in [0, 0.1) is 5.41 Å².